The number of amidine groups is 1. The van der Waals surface area contributed by atoms with Crippen LogP contribution in [0.2, 0.25) is 0 Å². The minimum absolute atomic E-state index is 0.00418. The van der Waals surface area contributed by atoms with Gasteiger partial charge in [0.15, 0.2) is 0 Å². The van der Waals surface area contributed by atoms with Crippen molar-refractivity contribution in [3.8, 4) is 6.07 Å². The summed E-state index contributed by atoms with van der Waals surface area (Å²) in [6, 6.07) is 8.42. The smallest absolute Gasteiger partial charge is 0.248 e. The monoisotopic (exact) mass is 553 g/mol. The first kappa shape index (κ1) is 29.9. The van der Waals surface area contributed by atoms with Crippen LogP contribution in [0.15, 0.2) is 83.2 Å². The molecule has 2 aliphatic carbocycles. The molecule has 1 aromatic rings. The van der Waals surface area contributed by atoms with E-state index in [4.69, 9.17) is 17.2 Å². The third kappa shape index (κ3) is 5.59. The maximum Gasteiger partial charge on any atom is 0.248 e. The van der Waals surface area contributed by atoms with Gasteiger partial charge in [-0.2, -0.15) is 5.26 Å². The van der Waals surface area contributed by atoms with Gasteiger partial charge in [0.2, 0.25) is 5.91 Å². The highest BCUT2D eigenvalue weighted by Crippen LogP contribution is 2.49. The number of aryl methyl sites for hydroxylation is 1. The van der Waals surface area contributed by atoms with E-state index in [2.05, 4.69) is 54.9 Å². The van der Waals surface area contributed by atoms with Gasteiger partial charge in [-0.3, -0.25) is 9.79 Å². The second-order valence-electron chi connectivity index (χ2n) is 11.6. The van der Waals surface area contributed by atoms with Crippen molar-refractivity contribution < 1.29 is 4.79 Å². The van der Waals surface area contributed by atoms with E-state index in [9.17, 15) is 10.1 Å². The third-order valence-electron chi connectivity index (χ3n) is 9.12. The van der Waals surface area contributed by atoms with Gasteiger partial charge in [0.05, 0.1) is 11.5 Å². The number of nitriles is 1. The summed E-state index contributed by atoms with van der Waals surface area (Å²) in [4.78, 5) is 18.8. The zero-order valence-corrected chi connectivity index (χ0v) is 24.5. The summed E-state index contributed by atoms with van der Waals surface area (Å²) in [6.07, 6.45) is 7.81. The molecule has 0 radical (unpaired) electrons. The molecule has 1 aliphatic heterocycles. The van der Waals surface area contributed by atoms with Crippen molar-refractivity contribution in [1.82, 2.24) is 10.2 Å². The van der Waals surface area contributed by atoms with Crippen LogP contribution in [-0.2, 0) is 11.8 Å². The number of nitrogens with zero attached hydrogens (tertiary/aromatic N) is 3. The van der Waals surface area contributed by atoms with E-state index in [1.807, 2.05) is 18.2 Å². The molecule has 41 heavy (non-hydrogen) atoms. The number of piperidine rings is 1. The molecular weight excluding hydrogens is 510 g/mol. The molecule has 1 amide bonds. The fourth-order valence-corrected chi connectivity index (χ4v) is 6.78. The lowest BCUT2D eigenvalue weighted by molar-refractivity contribution is 0.1000. The Labute approximate surface area is 244 Å². The van der Waals surface area contributed by atoms with Crippen LogP contribution in [0, 0.1) is 17.2 Å². The van der Waals surface area contributed by atoms with E-state index in [1.165, 1.54) is 0 Å². The van der Waals surface area contributed by atoms with Gasteiger partial charge in [-0.15, -0.1) is 0 Å². The number of primary amides is 1. The van der Waals surface area contributed by atoms with Gasteiger partial charge < -0.3 is 27.4 Å². The summed E-state index contributed by atoms with van der Waals surface area (Å²) >= 11 is 0. The average Bonchev–Trinajstić information content (AvgIpc) is 3.64. The van der Waals surface area contributed by atoms with Gasteiger partial charge in [0.1, 0.15) is 11.9 Å². The first-order chi connectivity index (χ1) is 19.5. The van der Waals surface area contributed by atoms with Crippen molar-refractivity contribution in [3.63, 3.8) is 0 Å². The van der Waals surface area contributed by atoms with E-state index in [-0.39, 0.29) is 12.1 Å². The van der Waals surface area contributed by atoms with Gasteiger partial charge >= 0.3 is 0 Å². The summed E-state index contributed by atoms with van der Waals surface area (Å²) in [5, 5.41) is 13.3. The molecule has 2 unspecified atom stereocenters. The molecule has 216 valence electrons. The Morgan fingerprint density at radius 2 is 2.02 bits per heavy atom. The van der Waals surface area contributed by atoms with Crippen molar-refractivity contribution in [2.75, 3.05) is 13.6 Å². The number of amides is 1. The van der Waals surface area contributed by atoms with E-state index in [0.717, 1.165) is 46.4 Å². The maximum atomic E-state index is 12.1. The van der Waals surface area contributed by atoms with Crippen LogP contribution in [0.5, 0.6) is 0 Å². The standard InChI is InChI=1S/C33H43N7O/c1-7-23(22(5)35)12-24-8-9-25-13-26(31(36)41)10-11-29(25)33(21(24)4,32(37)38-6)16-19(2)39-18-20(3)40-28(17-34)14-27-15-30(27)40/h7,10-13,19,27-28,30,39H,1,3,5,8-9,14-16,18,35H2,2,4,6H3,(H2,36,41)(H2,37,38)/b23-12+/t19-,27+,28?,30-,33?/m0/s1. The van der Waals surface area contributed by atoms with Crippen LogP contribution in [0.1, 0.15) is 61.0 Å². The van der Waals surface area contributed by atoms with Gasteiger partial charge in [-0.05, 0) is 92.4 Å². The van der Waals surface area contributed by atoms with Crippen LogP contribution in [0.4, 0.5) is 0 Å². The van der Waals surface area contributed by atoms with E-state index in [1.54, 1.807) is 19.2 Å². The Morgan fingerprint density at radius 1 is 1.29 bits per heavy atom. The van der Waals surface area contributed by atoms with Crippen molar-refractivity contribution in [2.45, 2.75) is 69.5 Å². The molecule has 3 aliphatic rings. The molecule has 8 heteroatoms. The SMILES string of the molecule is C=C/C(=C\C1=C(C)C(C[C@H](C)NCC(=C)N2C(C#N)C[C@@H]3C[C@@H]32)(C(N)=NC)c2ccc(C(N)=O)cc2CC1)C(=C)N. The molecular formula is C33H43N7O. The second-order valence-corrected chi connectivity index (χ2v) is 11.6. The molecule has 1 heterocycles. The minimum Gasteiger partial charge on any atom is -0.399 e. The number of carbonyl (C=O) groups is 1. The number of benzene rings is 1. The highest BCUT2D eigenvalue weighted by atomic mass is 16.1. The fraction of sp³-hybridized carbons (Fsp3) is 0.424. The first-order valence-electron chi connectivity index (χ1n) is 14.2. The number of nitrogens with two attached hydrogens (primary N) is 3. The Hall–Kier alpha value is -4.09. The molecule has 0 spiro atoms. The van der Waals surface area contributed by atoms with E-state index >= 15 is 0 Å². The zero-order valence-electron chi connectivity index (χ0n) is 24.5. The van der Waals surface area contributed by atoms with Crippen LogP contribution in [0.3, 0.4) is 0 Å². The summed E-state index contributed by atoms with van der Waals surface area (Å²) in [5.74, 6) is 0.636. The number of allylic oxidation sites excluding steroid dienone is 3. The van der Waals surface area contributed by atoms with Gasteiger partial charge in [-0.25, -0.2) is 0 Å². The second kappa shape index (κ2) is 11.8. The van der Waals surface area contributed by atoms with Crippen molar-refractivity contribution in [3.05, 3.63) is 94.9 Å². The molecule has 0 bridgehead atoms. The molecule has 4 rings (SSSR count). The molecule has 0 aromatic heterocycles. The Bertz CT molecular complexity index is 1410. The quantitative estimate of drug-likeness (QED) is 0.187. The van der Waals surface area contributed by atoms with Crippen molar-refractivity contribution in [2.24, 2.45) is 28.1 Å². The molecule has 8 nitrogen and oxygen atoms in total. The minimum atomic E-state index is -0.761. The number of hydrogen-bond acceptors (Lipinski definition) is 6. The topological polar surface area (TPSA) is 147 Å². The lowest BCUT2D eigenvalue weighted by atomic mass is 9.67. The number of nitrogens with one attached hydrogen (secondary N) is 1. The molecule has 1 aromatic carbocycles. The number of fused-ring (bicyclic) bond motifs is 2. The van der Waals surface area contributed by atoms with Crippen molar-refractivity contribution >= 4 is 11.7 Å². The molecule has 1 saturated carbocycles. The van der Waals surface area contributed by atoms with Crippen LogP contribution >= 0.6 is 0 Å². The molecule has 1 saturated heterocycles. The largest absolute Gasteiger partial charge is 0.399 e. The molecule has 2 fully saturated rings. The van der Waals surface area contributed by atoms with Crippen LogP contribution < -0.4 is 22.5 Å². The van der Waals surface area contributed by atoms with Gasteiger partial charge in [0, 0.05) is 42.6 Å². The Kier molecular flexibility index (Phi) is 8.60. The summed E-state index contributed by atoms with van der Waals surface area (Å²) in [6.45, 7) is 17.0. The number of hydrogen-bond donors (Lipinski definition) is 4. The van der Waals surface area contributed by atoms with Crippen molar-refractivity contribution in [1.29, 1.82) is 5.26 Å². The number of carbonyl (C=O) groups excluding carboxylic acids is 1. The maximum absolute atomic E-state index is 12.1. The van der Waals surface area contributed by atoms with Crippen LogP contribution in [-0.4, -0.2) is 48.4 Å². The number of rotatable bonds is 11. The third-order valence-corrected chi connectivity index (χ3v) is 9.12. The van der Waals surface area contributed by atoms with Gasteiger partial charge in [0.25, 0.3) is 0 Å². The van der Waals surface area contributed by atoms with E-state index in [0.29, 0.717) is 54.9 Å². The summed E-state index contributed by atoms with van der Waals surface area (Å²) in [7, 11) is 1.71. The Balaban J connectivity index is 1.75. The van der Waals surface area contributed by atoms with E-state index < -0.39 is 11.3 Å². The predicted octanol–water partition coefficient (Wildman–Crippen LogP) is 3.73. The number of aliphatic imine (C=N–C) groups is 1. The predicted molar refractivity (Wildman–Crippen MR) is 166 cm³/mol. The highest BCUT2D eigenvalue weighted by Gasteiger charge is 2.52. The molecule has 5 atom stereocenters. The number of likely N-dealkylation sites (tertiary alicyclic amines) is 1. The average molecular weight is 554 g/mol. The fourth-order valence-electron chi connectivity index (χ4n) is 6.78. The lowest BCUT2D eigenvalue weighted by Crippen LogP contribution is -2.48. The highest BCUT2D eigenvalue weighted by molar-refractivity contribution is 5.97. The first-order valence-corrected chi connectivity index (χ1v) is 14.2. The summed E-state index contributed by atoms with van der Waals surface area (Å²) in [5.41, 5.74) is 24.6. The van der Waals surface area contributed by atoms with Gasteiger partial charge in [-0.1, -0.05) is 37.5 Å². The summed E-state index contributed by atoms with van der Waals surface area (Å²) < 4.78 is 0. The normalized spacial score (nSPS) is 26.4. The Morgan fingerprint density at radius 3 is 2.63 bits per heavy atom. The van der Waals surface area contributed by atoms with Crippen LogP contribution in [0.25, 0.3) is 0 Å². The molecule has 7 N–H and O–H groups in total. The zero-order chi connectivity index (χ0) is 30.1. The lowest BCUT2D eigenvalue weighted by Gasteiger charge is -2.39.